The van der Waals surface area contributed by atoms with Gasteiger partial charge in [0.25, 0.3) is 0 Å². The van der Waals surface area contributed by atoms with E-state index >= 15 is 0 Å². The lowest BCUT2D eigenvalue weighted by Crippen LogP contribution is -2.47. The highest BCUT2D eigenvalue weighted by molar-refractivity contribution is 6.01. The van der Waals surface area contributed by atoms with E-state index in [9.17, 15) is 20.1 Å². The minimum absolute atomic E-state index is 0.200. The zero-order valence-electron chi connectivity index (χ0n) is 31.4. The number of likely N-dealkylation sites (tertiary alicyclic amines) is 1. The van der Waals surface area contributed by atoms with Crippen molar-refractivity contribution in [2.45, 2.75) is 88.6 Å². The Kier molecular flexibility index (Phi) is 10.7. The highest BCUT2D eigenvalue weighted by Gasteiger charge is 2.28. The number of aromatic nitrogens is 7. The molecule has 3 aliphatic rings. The average molecular weight is 752 g/mol. The van der Waals surface area contributed by atoms with E-state index < -0.39 is 6.04 Å². The van der Waals surface area contributed by atoms with E-state index in [4.69, 9.17) is 0 Å². The van der Waals surface area contributed by atoms with Crippen molar-refractivity contribution in [3.8, 4) is 23.6 Å². The van der Waals surface area contributed by atoms with E-state index in [0.29, 0.717) is 59.0 Å². The first-order chi connectivity index (χ1) is 27.3. The Balaban J connectivity index is 0.823. The molecule has 1 saturated carbocycles. The lowest BCUT2D eigenvalue weighted by molar-refractivity contribution is -0.133. The van der Waals surface area contributed by atoms with Crippen LogP contribution in [0.25, 0.3) is 22.5 Å². The van der Waals surface area contributed by atoms with Crippen LogP contribution in [0, 0.1) is 28.6 Å². The summed E-state index contributed by atoms with van der Waals surface area (Å²) in [4.78, 5) is 35.3. The molecule has 2 aliphatic heterocycles. The monoisotopic (exact) mass is 751 g/mol. The maximum atomic E-state index is 12.1. The second kappa shape index (κ2) is 16.3. The highest BCUT2D eigenvalue weighted by atomic mass is 16.2. The number of pyridine rings is 2. The van der Waals surface area contributed by atoms with Crippen molar-refractivity contribution in [1.29, 1.82) is 10.5 Å². The Hall–Kier alpha value is -6.19. The SMILES string of the molecule is C[C@H](C#N)Nc1cc(-n2ncc3cc(C#N)cnc32)ncc1-n1cc(C2CCC(CCN3CCC(c4ccc(NC5CCC(=O)NC5=O)cc4)CC3)CC2)nn1. The molecular weight excluding hydrogens is 707 g/mol. The number of carbonyl (C=O) groups excluding carboxylic acids is 2. The molecule has 15 nitrogen and oxygen atoms in total. The Bertz CT molecular complexity index is 2290. The number of amides is 2. The molecule has 1 unspecified atom stereocenters. The quantitative estimate of drug-likeness (QED) is 0.147. The molecule has 0 radical (unpaired) electrons. The van der Waals surface area contributed by atoms with Crippen LogP contribution in [0.4, 0.5) is 11.4 Å². The Morgan fingerprint density at radius 1 is 0.946 bits per heavy atom. The summed E-state index contributed by atoms with van der Waals surface area (Å²) in [6.07, 6.45) is 15.8. The molecule has 8 rings (SSSR count). The van der Waals surface area contributed by atoms with Crippen LogP contribution in [0.15, 0.2) is 61.2 Å². The lowest BCUT2D eigenvalue weighted by Gasteiger charge is -2.34. The van der Waals surface area contributed by atoms with Gasteiger partial charge in [-0.1, -0.05) is 17.3 Å². The molecule has 2 amide bonds. The maximum Gasteiger partial charge on any atom is 0.249 e. The van der Waals surface area contributed by atoms with Crippen LogP contribution in [-0.4, -0.2) is 83.2 Å². The van der Waals surface area contributed by atoms with Crippen molar-refractivity contribution in [2.24, 2.45) is 5.92 Å². The van der Waals surface area contributed by atoms with Crippen LogP contribution >= 0.6 is 0 Å². The fourth-order valence-corrected chi connectivity index (χ4v) is 8.33. The number of nitrogens with zero attached hydrogens (tertiary/aromatic N) is 10. The second-order valence-electron chi connectivity index (χ2n) is 15.3. The number of nitrogens with one attached hydrogen (secondary N) is 3. The third-order valence-corrected chi connectivity index (χ3v) is 11.6. The summed E-state index contributed by atoms with van der Waals surface area (Å²) in [6, 6.07) is 15.5. The molecule has 0 spiro atoms. The van der Waals surface area contributed by atoms with E-state index in [-0.39, 0.29) is 17.9 Å². The fraction of sp³-hybridized carbons (Fsp3) is 0.439. The second-order valence-corrected chi connectivity index (χ2v) is 15.3. The van der Waals surface area contributed by atoms with E-state index in [1.54, 1.807) is 34.7 Å². The zero-order chi connectivity index (χ0) is 38.6. The summed E-state index contributed by atoms with van der Waals surface area (Å²) in [5, 5.41) is 42.1. The maximum absolute atomic E-state index is 12.1. The topological polar surface area (TPSA) is 195 Å². The molecule has 6 heterocycles. The molecule has 1 aliphatic carbocycles. The van der Waals surface area contributed by atoms with Gasteiger partial charge in [0.1, 0.15) is 23.8 Å². The average Bonchev–Trinajstić information content (AvgIpc) is 3.90. The van der Waals surface area contributed by atoms with Gasteiger partial charge < -0.3 is 15.5 Å². The summed E-state index contributed by atoms with van der Waals surface area (Å²) >= 11 is 0. The van der Waals surface area contributed by atoms with E-state index in [1.165, 1.54) is 31.0 Å². The number of hydrogen-bond acceptors (Lipinski definition) is 12. The normalized spacial score (nSPS) is 21.2. The summed E-state index contributed by atoms with van der Waals surface area (Å²) < 4.78 is 3.35. The molecule has 2 saturated heterocycles. The summed E-state index contributed by atoms with van der Waals surface area (Å²) in [5.74, 6) is 1.67. The number of fused-ring (bicyclic) bond motifs is 1. The number of carbonyl (C=O) groups is 2. The van der Waals surface area contributed by atoms with Gasteiger partial charge in [-0.15, -0.1) is 5.10 Å². The van der Waals surface area contributed by atoms with Crippen LogP contribution in [0.2, 0.25) is 0 Å². The highest BCUT2D eigenvalue weighted by Crippen LogP contribution is 2.37. The number of benzene rings is 1. The van der Waals surface area contributed by atoms with Gasteiger partial charge in [0, 0.05) is 35.7 Å². The first-order valence-corrected chi connectivity index (χ1v) is 19.6. The van der Waals surface area contributed by atoms with Crippen LogP contribution in [-0.2, 0) is 9.59 Å². The molecule has 0 bridgehead atoms. The fourth-order valence-electron chi connectivity index (χ4n) is 8.33. The lowest BCUT2D eigenvalue weighted by atomic mass is 9.79. The van der Waals surface area contributed by atoms with Gasteiger partial charge in [-0.05, 0) is 114 Å². The molecule has 2 atom stereocenters. The minimum Gasteiger partial charge on any atom is -0.374 e. The largest absolute Gasteiger partial charge is 0.374 e. The van der Waals surface area contributed by atoms with Crippen molar-refractivity contribution < 1.29 is 9.59 Å². The molecule has 56 heavy (non-hydrogen) atoms. The molecule has 5 aromatic rings. The number of imide groups is 1. The Morgan fingerprint density at radius 2 is 1.75 bits per heavy atom. The van der Waals surface area contributed by atoms with Gasteiger partial charge in [0.2, 0.25) is 11.8 Å². The number of piperidine rings is 2. The van der Waals surface area contributed by atoms with Gasteiger partial charge in [-0.25, -0.2) is 14.6 Å². The van der Waals surface area contributed by atoms with Crippen LogP contribution < -0.4 is 16.0 Å². The molecule has 15 heteroatoms. The van der Waals surface area contributed by atoms with Crippen molar-refractivity contribution >= 4 is 34.2 Å². The van der Waals surface area contributed by atoms with E-state index in [0.717, 1.165) is 62.1 Å². The first kappa shape index (κ1) is 36.8. The zero-order valence-corrected chi connectivity index (χ0v) is 31.4. The van der Waals surface area contributed by atoms with Crippen molar-refractivity contribution in [1.82, 2.24) is 45.0 Å². The first-order valence-electron chi connectivity index (χ1n) is 19.6. The number of hydrogen-bond donors (Lipinski definition) is 3. The van der Waals surface area contributed by atoms with Crippen molar-refractivity contribution in [2.75, 3.05) is 30.3 Å². The number of anilines is 2. The predicted octanol–water partition coefficient (Wildman–Crippen LogP) is 5.35. The third-order valence-electron chi connectivity index (χ3n) is 11.6. The predicted molar refractivity (Wildman–Crippen MR) is 209 cm³/mol. The summed E-state index contributed by atoms with van der Waals surface area (Å²) in [7, 11) is 0. The molecule has 4 aromatic heterocycles. The molecule has 1 aromatic carbocycles. The Morgan fingerprint density at radius 3 is 2.50 bits per heavy atom. The molecular formula is C41H45N13O2. The molecule has 286 valence electrons. The van der Waals surface area contributed by atoms with Gasteiger partial charge in [-0.2, -0.15) is 20.3 Å². The summed E-state index contributed by atoms with van der Waals surface area (Å²) in [5.41, 5.74) is 5.62. The van der Waals surface area contributed by atoms with E-state index in [2.05, 4.69) is 82.6 Å². The standard InChI is InChI=1S/C41H45N13O2/c1-26(20-42)47-35-19-38(54-40-32(23-46-54)18-28(21-43)22-45-40)44-24-37(35)53-25-36(50-51-53)31-4-2-27(3-5-31)12-15-52-16-13-30(14-17-52)29-6-8-33(9-7-29)48-34-10-11-39(55)49-41(34)56/h6-9,18-19,22-27,30-31,34,48H,2-5,10-17H2,1H3,(H,44,47)(H,49,55,56)/t26-,27?,31?,34?/m1/s1. The van der Waals surface area contributed by atoms with Gasteiger partial charge in [0.15, 0.2) is 11.5 Å². The van der Waals surface area contributed by atoms with Crippen LogP contribution in [0.3, 0.4) is 0 Å². The smallest absolute Gasteiger partial charge is 0.249 e. The molecule has 3 fully saturated rings. The summed E-state index contributed by atoms with van der Waals surface area (Å²) in [6.45, 7) is 5.15. The van der Waals surface area contributed by atoms with E-state index in [1.807, 2.05) is 12.3 Å². The van der Waals surface area contributed by atoms with Crippen molar-refractivity contribution in [3.63, 3.8) is 0 Å². The minimum atomic E-state index is -0.463. The van der Waals surface area contributed by atoms with Crippen LogP contribution in [0.1, 0.15) is 93.4 Å². The Labute approximate surface area is 325 Å². The number of rotatable bonds is 11. The van der Waals surface area contributed by atoms with Gasteiger partial charge in [0.05, 0.1) is 41.6 Å². The number of nitriles is 2. The van der Waals surface area contributed by atoms with Gasteiger partial charge >= 0.3 is 0 Å². The van der Waals surface area contributed by atoms with Gasteiger partial charge in [-0.3, -0.25) is 14.9 Å². The van der Waals surface area contributed by atoms with Crippen LogP contribution in [0.5, 0.6) is 0 Å². The molecule has 3 N–H and O–H groups in total. The third kappa shape index (κ3) is 8.09. The van der Waals surface area contributed by atoms with Crippen molar-refractivity contribution in [3.05, 3.63) is 78.0 Å².